The first-order valence-corrected chi connectivity index (χ1v) is 7.86. The van der Waals surface area contributed by atoms with Gasteiger partial charge in [-0.3, -0.25) is 4.79 Å². The van der Waals surface area contributed by atoms with E-state index in [1.165, 1.54) is 6.42 Å². The number of rotatable bonds is 1. The summed E-state index contributed by atoms with van der Waals surface area (Å²) in [6.45, 7) is 2.87. The van der Waals surface area contributed by atoms with Crippen molar-refractivity contribution in [2.75, 3.05) is 26.7 Å². The number of hydrogen-bond acceptors (Lipinski definition) is 3. The van der Waals surface area contributed by atoms with Gasteiger partial charge in [-0.25, -0.2) is 0 Å². The summed E-state index contributed by atoms with van der Waals surface area (Å²) in [5.41, 5.74) is 1.65. The molecule has 1 aromatic rings. The molecule has 114 valence electrons. The fourth-order valence-corrected chi connectivity index (χ4v) is 3.76. The van der Waals surface area contributed by atoms with Crippen molar-refractivity contribution in [1.82, 2.24) is 9.80 Å². The zero-order chi connectivity index (χ0) is 15.1. The Balaban J connectivity index is 1.57. The van der Waals surface area contributed by atoms with Crippen molar-refractivity contribution in [3.8, 4) is 5.75 Å². The third-order valence-electron chi connectivity index (χ3n) is 5.03. The van der Waals surface area contributed by atoms with Crippen LogP contribution in [-0.2, 0) is 4.79 Å². The van der Waals surface area contributed by atoms with Crippen molar-refractivity contribution in [2.45, 2.75) is 12.5 Å². The van der Waals surface area contributed by atoms with Crippen molar-refractivity contribution in [1.29, 1.82) is 0 Å². The van der Waals surface area contributed by atoms with Gasteiger partial charge < -0.3 is 14.5 Å². The molecule has 4 rings (SSSR count). The number of likely N-dealkylation sites (N-methyl/N-ethyl adjacent to an activating group) is 1. The molecule has 3 aliphatic rings. The number of likely N-dealkylation sites (tertiary alicyclic amines) is 2. The Labute approximate surface area is 130 Å². The quantitative estimate of drug-likeness (QED) is 0.796. The normalized spacial score (nSPS) is 27.0. The number of amides is 1. The molecule has 2 saturated heterocycles. The van der Waals surface area contributed by atoms with Crippen LogP contribution in [0, 0.1) is 5.92 Å². The summed E-state index contributed by atoms with van der Waals surface area (Å²) in [6.07, 6.45) is 6.52. The number of benzene rings is 1. The fraction of sp³-hybridized carbons (Fsp3) is 0.389. The van der Waals surface area contributed by atoms with E-state index in [-0.39, 0.29) is 5.91 Å². The molecule has 0 N–H and O–H groups in total. The minimum atomic E-state index is 0.111. The van der Waals surface area contributed by atoms with Crippen LogP contribution in [0.25, 0.3) is 6.08 Å². The maximum absolute atomic E-state index is 12.8. The van der Waals surface area contributed by atoms with E-state index in [2.05, 4.69) is 11.9 Å². The Morgan fingerprint density at radius 2 is 2.14 bits per heavy atom. The summed E-state index contributed by atoms with van der Waals surface area (Å²) in [7, 11) is 2.16. The molecule has 2 fully saturated rings. The van der Waals surface area contributed by atoms with Gasteiger partial charge in [0.15, 0.2) is 0 Å². The molecular formula is C18H20N2O2. The molecule has 4 nitrogen and oxygen atoms in total. The molecule has 0 saturated carbocycles. The van der Waals surface area contributed by atoms with Crippen molar-refractivity contribution in [3.05, 3.63) is 47.7 Å². The van der Waals surface area contributed by atoms with Crippen molar-refractivity contribution in [2.24, 2.45) is 5.92 Å². The summed E-state index contributed by atoms with van der Waals surface area (Å²) < 4.78 is 5.57. The van der Waals surface area contributed by atoms with Gasteiger partial charge in [0, 0.05) is 30.3 Å². The molecule has 0 unspecified atom stereocenters. The molecule has 1 aromatic carbocycles. The van der Waals surface area contributed by atoms with E-state index >= 15 is 0 Å². The van der Waals surface area contributed by atoms with Gasteiger partial charge in [0.2, 0.25) is 0 Å². The first-order valence-electron chi connectivity index (χ1n) is 7.86. The molecule has 3 aliphatic heterocycles. The molecule has 0 radical (unpaired) electrons. The number of nitrogens with zero attached hydrogens (tertiary/aromatic N) is 2. The number of para-hydroxylation sites is 1. The lowest BCUT2D eigenvalue weighted by atomic mass is 10.1. The Hall–Kier alpha value is -2.07. The van der Waals surface area contributed by atoms with E-state index in [0.717, 1.165) is 30.9 Å². The summed E-state index contributed by atoms with van der Waals surface area (Å²) in [5, 5.41) is 0. The highest BCUT2D eigenvalue weighted by atomic mass is 16.5. The molecule has 22 heavy (non-hydrogen) atoms. The molecular weight excluding hydrogens is 276 g/mol. The standard InChI is InChI=1S/C18H20N2O2/c1-19-8-6-15-11-20(12-16(15)19)18(21)14-7-9-22-17-5-3-2-4-13(17)10-14/h2-5,7,9-10,15-16H,6,8,11-12H2,1H3/t15-,16+/m0/s1. The van der Waals surface area contributed by atoms with Gasteiger partial charge in [0.05, 0.1) is 6.26 Å². The topological polar surface area (TPSA) is 32.8 Å². The van der Waals surface area contributed by atoms with Crippen LogP contribution in [0.2, 0.25) is 0 Å². The average Bonchev–Trinajstić information content (AvgIpc) is 3.01. The number of fused-ring (bicyclic) bond motifs is 2. The highest BCUT2D eigenvalue weighted by Crippen LogP contribution is 2.32. The van der Waals surface area contributed by atoms with Crippen LogP contribution in [-0.4, -0.2) is 48.4 Å². The van der Waals surface area contributed by atoms with Gasteiger partial charge in [0.1, 0.15) is 5.75 Å². The third-order valence-corrected chi connectivity index (χ3v) is 5.03. The van der Waals surface area contributed by atoms with E-state index in [4.69, 9.17) is 4.74 Å². The Kier molecular flexibility index (Phi) is 3.26. The molecule has 0 spiro atoms. The van der Waals surface area contributed by atoms with E-state index < -0.39 is 0 Å². The number of ether oxygens (including phenoxy) is 1. The van der Waals surface area contributed by atoms with Crippen molar-refractivity contribution < 1.29 is 9.53 Å². The predicted octanol–water partition coefficient (Wildman–Crippen LogP) is 2.14. The molecule has 0 aromatic heterocycles. The van der Waals surface area contributed by atoms with E-state index in [0.29, 0.717) is 17.5 Å². The summed E-state index contributed by atoms with van der Waals surface area (Å²) >= 11 is 0. The van der Waals surface area contributed by atoms with Gasteiger partial charge >= 0.3 is 0 Å². The molecule has 0 bridgehead atoms. The van der Waals surface area contributed by atoms with Crippen molar-refractivity contribution in [3.63, 3.8) is 0 Å². The summed E-state index contributed by atoms with van der Waals surface area (Å²) in [6, 6.07) is 8.32. The van der Waals surface area contributed by atoms with E-state index in [1.807, 2.05) is 35.2 Å². The molecule has 3 heterocycles. The second-order valence-electron chi connectivity index (χ2n) is 6.36. The van der Waals surface area contributed by atoms with Gasteiger partial charge in [0.25, 0.3) is 5.91 Å². The monoisotopic (exact) mass is 296 g/mol. The summed E-state index contributed by atoms with van der Waals surface area (Å²) in [4.78, 5) is 17.2. The predicted molar refractivity (Wildman–Crippen MR) is 85.3 cm³/mol. The van der Waals surface area contributed by atoms with Crippen LogP contribution in [0.4, 0.5) is 0 Å². The largest absolute Gasteiger partial charge is 0.464 e. The summed E-state index contributed by atoms with van der Waals surface area (Å²) in [5.74, 6) is 1.53. The lowest BCUT2D eigenvalue weighted by molar-refractivity contribution is -0.126. The number of hydrogen-bond donors (Lipinski definition) is 0. The highest BCUT2D eigenvalue weighted by molar-refractivity contribution is 6.01. The van der Waals surface area contributed by atoms with Crippen molar-refractivity contribution >= 4 is 12.0 Å². The van der Waals surface area contributed by atoms with Crippen LogP contribution < -0.4 is 4.74 Å². The smallest absolute Gasteiger partial charge is 0.254 e. The number of carbonyl (C=O) groups excluding carboxylic acids is 1. The average molecular weight is 296 g/mol. The van der Waals surface area contributed by atoms with Crippen LogP contribution in [0.5, 0.6) is 5.75 Å². The maximum Gasteiger partial charge on any atom is 0.254 e. The van der Waals surface area contributed by atoms with Crippen LogP contribution in [0.1, 0.15) is 12.0 Å². The lowest BCUT2D eigenvalue weighted by Gasteiger charge is -2.21. The Bertz CT molecular complexity index is 665. The number of carbonyl (C=O) groups is 1. The molecule has 4 heteroatoms. The molecule has 1 amide bonds. The first-order chi connectivity index (χ1) is 10.7. The zero-order valence-corrected chi connectivity index (χ0v) is 12.7. The lowest BCUT2D eigenvalue weighted by Crippen LogP contribution is -2.35. The molecule has 0 aliphatic carbocycles. The van der Waals surface area contributed by atoms with Crippen LogP contribution in [0.3, 0.4) is 0 Å². The van der Waals surface area contributed by atoms with Gasteiger partial charge in [-0.1, -0.05) is 18.2 Å². The minimum Gasteiger partial charge on any atom is -0.464 e. The molecule has 2 atom stereocenters. The third kappa shape index (κ3) is 2.24. The van der Waals surface area contributed by atoms with Gasteiger partial charge in [-0.2, -0.15) is 0 Å². The second kappa shape index (κ2) is 5.29. The van der Waals surface area contributed by atoms with Crippen LogP contribution >= 0.6 is 0 Å². The SMILES string of the molecule is CN1CC[C@H]2CN(C(=O)C3=Cc4ccccc4OC=C3)C[C@H]21. The van der Waals surface area contributed by atoms with Gasteiger partial charge in [-0.05, 0) is 44.1 Å². The Morgan fingerprint density at radius 1 is 1.27 bits per heavy atom. The highest BCUT2D eigenvalue weighted by Gasteiger charge is 2.41. The second-order valence-corrected chi connectivity index (χ2v) is 6.36. The van der Waals surface area contributed by atoms with Crippen LogP contribution in [0.15, 0.2) is 42.2 Å². The maximum atomic E-state index is 12.8. The Morgan fingerprint density at radius 3 is 3.00 bits per heavy atom. The fourth-order valence-electron chi connectivity index (χ4n) is 3.76. The minimum absolute atomic E-state index is 0.111. The first kappa shape index (κ1) is 13.6. The van der Waals surface area contributed by atoms with Gasteiger partial charge in [-0.15, -0.1) is 0 Å². The van der Waals surface area contributed by atoms with E-state index in [9.17, 15) is 4.79 Å². The zero-order valence-electron chi connectivity index (χ0n) is 12.7. The van der Waals surface area contributed by atoms with E-state index in [1.54, 1.807) is 12.3 Å².